The van der Waals surface area contributed by atoms with Crippen LogP contribution in [0.4, 0.5) is 0 Å². The number of carbonyl (C=O) groups is 1. The highest BCUT2D eigenvalue weighted by molar-refractivity contribution is 7.99. The molecule has 6 heteroatoms. The molecule has 0 atom stereocenters. The van der Waals surface area contributed by atoms with E-state index in [1.54, 1.807) is 18.9 Å². The van der Waals surface area contributed by atoms with Gasteiger partial charge in [0.2, 0.25) is 5.91 Å². The first-order valence-electron chi connectivity index (χ1n) is 10.3. The van der Waals surface area contributed by atoms with Crippen molar-refractivity contribution in [3.63, 3.8) is 0 Å². The van der Waals surface area contributed by atoms with Crippen molar-refractivity contribution in [1.29, 1.82) is 5.26 Å². The van der Waals surface area contributed by atoms with Gasteiger partial charge in [-0.15, -0.1) is 11.8 Å². The number of amides is 1. The van der Waals surface area contributed by atoms with Gasteiger partial charge in [0.15, 0.2) is 0 Å². The number of hydrogen-bond acceptors (Lipinski definition) is 5. The first kappa shape index (κ1) is 22.2. The Balaban J connectivity index is 1.29. The number of rotatable bonds is 9. The molecule has 5 nitrogen and oxygen atoms in total. The zero-order valence-corrected chi connectivity index (χ0v) is 18.3. The number of likely N-dealkylation sites (tertiary alicyclic amines) is 1. The van der Waals surface area contributed by atoms with Crippen LogP contribution in [0, 0.1) is 17.2 Å². The number of piperidine rings is 1. The average molecular weight is 424 g/mol. The summed E-state index contributed by atoms with van der Waals surface area (Å²) < 4.78 is 5.21. The Kier molecular flexibility index (Phi) is 8.61. The largest absolute Gasteiger partial charge is 0.497 e. The quantitative estimate of drug-likeness (QED) is 0.664. The maximum atomic E-state index is 12.1. The fourth-order valence-electron chi connectivity index (χ4n) is 3.58. The Bertz CT molecular complexity index is 838. The summed E-state index contributed by atoms with van der Waals surface area (Å²) in [6.07, 6.45) is 2.24. The lowest BCUT2D eigenvalue weighted by atomic mass is 9.96. The second-order valence-electron chi connectivity index (χ2n) is 7.67. The monoisotopic (exact) mass is 423 g/mol. The highest BCUT2D eigenvalue weighted by Gasteiger charge is 2.19. The van der Waals surface area contributed by atoms with Gasteiger partial charge in [-0.25, -0.2) is 0 Å². The molecule has 0 bridgehead atoms. The normalized spacial score (nSPS) is 14.8. The molecule has 0 saturated carbocycles. The summed E-state index contributed by atoms with van der Waals surface area (Å²) >= 11 is 1.61. The lowest BCUT2D eigenvalue weighted by Gasteiger charge is -2.32. The van der Waals surface area contributed by atoms with Gasteiger partial charge < -0.3 is 10.1 Å². The third-order valence-corrected chi connectivity index (χ3v) is 6.45. The zero-order valence-electron chi connectivity index (χ0n) is 17.5. The van der Waals surface area contributed by atoms with E-state index >= 15 is 0 Å². The van der Waals surface area contributed by atoms with Crippen LogP contribution in [0.25, 0.3) is 0 Å². The number of methoxy groups -OCH3 is 1. The number of ether oxygens (including phenoxy) is 1. The molecule has 2 aromatic rings. The fraction of sp³-hybridized carbons (Fsp3) is 0.417. The molecular formula is C24H29N3O2S. The van der Waals surface area contributed by atoms with Crippen LogP contribution < -0.4 is 10.1 Å². The highest BCUT2D eigenvalue weighted by Crippen LogP contribution is 2.20. The van der Waals surface area contributed by atoms with Crippen LogP contribution in [-0.2, 0) is 17.1 Å². The number of nitriles is 1. The number of nitrogens with one attached hydrogen (secondary N) is 1. The van der Waals surface area contributed by atoms with Crippen LogP contribution in [0.2, 0.25) is 0 Å². The Hall–Kier alpha value is -2.49. The molecule has 2 aromatic carbocycles. The average Bonchev–Trinajstić information content (AvgIpc) is 2.79. The van der Waals surface area contributed by atoms with Gasteiger partial charge >= 0.3 is 0 Å². The van der Waals surface area contributed by atoms with Crippen LogP contribution in [0.15, 0.2) is 48.5 Å². The standard InChI is InChI=1S/C24H29N3O2S/c1-29-23-8-6-21(7-9-23)16-27-12-10-20(11-13-27)15-26-24(28)18-30-17-22-4-2-19(14-25)3-5-22/h2-9,20H,10-13,15-18H2,1H3,(H,26,28). The van der Waals surface area contributed by atoms with E-state index in [1.165, 1.54) is 5.56 Å². The first-order valence-corrected chi connectivity index (χ1v) is 11.5. The molecule has 0 aliphatic carbocycles. The molecule has 158 valence electrons. The second kappa shape index (κ2) is 11.6. The van der Waals surface area contributed by atoms with Crippen LogP contribution >= 0.6 is 11.8 Å². The van der Waals surface area contributed by atoms with Gasteiger partial charge in [0.05, 0.1) is 24.5 Å². The molecule has 1 heterocycles. The Morgan fingerprint density at radius 2 is 1.80 bits per heavy atom. The summed E-state index contributed by atoms with van der Waals surface area (Å²) in [6, 6.07) is 17.9. The fourth-order valence-corrected chi connectivity index (χ4v) is 4.40. The van der Waals surface area contributed by atoms with Crippen LogP contribution in [-0.4, -0.2) is 43.3 Å². The van der Waals surface area contributed by atoms with Crippen LogP contribution in [0.1, 0.15) is 29.5 Å². The SMILES string of the molecule is COc1ccc(CN2CCC(CNC(=O)CSCc3ccc(C#N)cc3)CC2)cc1. The number of carbonyl (C=O) groups excluding carboxylic acids is 1. The molecule has 0 radical (unpaired) electrons. The van der Waals surface area contributed by atoms with Crippen LogP contribution in [0.3, 0.4) is 0 Å². The summed E-state index contributed by atoms with van der Waals surface area (Å²) in [5.74, 6) is 2.81. The molecule has 1 N–H and O–H groups in total. The molecular weight excluding hydrogens is 394 g/mol. The molecule has 1 aliphatic heterocycles. The summed E-state index contributed by atoms with van der Waals surface area (Å²) in [4.78, 5) is 14.6. The second-order valence-corrected chi connectivity index (χ2v) is 8.66. The van der Waals surface area contributed by atoms with Crippen molar-refractivity contribution in [2.45, 2.75) is 25.1 Å². The molecule has 0 aromatic heterocycles. The minimum absolute atomic E-state index is 0.106. The summed E-state index contributed by atoms with van der Waals surface area (Å²) in [7, 11) is 1.69. The lowest BCUT2D eigenvalue weighted by molar-refractivity contribution is -0.118. The van der Waals surface area contributed by atoms with E-state index in [-0.39, 0.29) is 5.91 Å². The third-order valence-electron chi connectivity index (χ3n) is 5.45. The molecule has 1 amide bonds. The third kappa shape index (κ3) is 7.08. The van der Waals surface area contributed by atoms with Crippen molar-refractivity contribution in [3.8, 4) is 11.8 Å². The van der Waals surface area contributed by atoms with Gasteiger partial charge in [-0.3, -0.25) is 9.69 Å². The van der Waals surface area contributed by atoms with Gasteiger partial charge in [-0.2, -0.15) is 5.26 Å². The Labute approximate surface area is 183 Å². The predicted octanol–water partition coefficient (Wildman–Crippen LogP) is 3.83. The number of hydrogen-bond donors (Lipinski definition) is 1. The molecule has 0 unspecified atom stereocenters. The minimum Gasteiger partial charge on any atom is -0.497 e. The van der Waals surface area contributed by atoms with Gasteiger partial charge in [0, 0.05) is 18.8 Å². The first-order chi connectivity index (χ1) is 14.7. The zero-order chi connectivity index (χ0) is 21.2. The number of thioether (sulfide) groups is 1. The highest BCUT2D eigenvalue weighted by atomic mass is 32.2. The van der Waals surface area contributed by atoms with Gasteiger partial charge in [0.25, 0.3) is 0 Å². The van der Waals surface area contributed by atoms with Crippen LogP contribution in [0.5, 0.6) is 5.75 Å². The van der Waals surface area contributed by atoms with E-state index in [9.17, 15) is 4.79 Å². The lowest BCUT2D eigenvalue weighted by Crippen LogP contribution is -2.38. The van der Waals surface area contributed by atoms with E-state index in [4.69, 9.17) is 10.00 Å². The van der Waals surface area contributed by atoms with E-state index in [2.05, 4.69) is 28.4 Å². The van der Waals surface area contributed by atoms with Gasteiger partial charge in [0.1, 0.15) is 5.75 Å². The van der Waals surface area contributed by atoms with Crippen molar-refractivity contribution in [2.24, 2.45) is 5.92 Å². The van der Waals surface area contributed by atoms with E-state index in [0.29, 0.717) is 17.2 Å². The predicted molar refractivity (Wildman–Crippen MR) is 121 cm³/mol. The van der Waals surface area contributed by atoms with Crippen molar-refractivity contribution < 1.29 is 9.53 Å². The maximum absolute atomic E-state index is 12.1. The Morgan fingerprint density at radius 1 is 1.13 bits per heavy atom. The number of nitrogens with zero attached hydrogens (tertiary/aromatic N) is 2. The molecule has 1 saturated heterocycles. The van der Waals surface area contributed by atoms with Crippen molar-refractivity contribution in [2.75, 3.05) is 32.5 Å². The molecule has 3 rings (SSSR count). The molecule has 30 heavy (non-hydrogen) atoms. The summed E-state index contributed by atoms with van der Waals surface area (Å²) in [6.45, 7) is 3.88. The summed E-state index contributed by atoms with van der Waals surface area (Å²) in [5, 5.41) is 11.9. The van der Waals surface area contributed by atoms with Crippen molar-refractivity contribution in [1.82, 2.24) is 10.2 Å². The smallest absolute Gasteiger partial charge is 0.230 e. The maximum Gasteiger partial charge on any atom is 0.230 e. The Morgan fingerprint density at radius 3 is 2.43 bits per heavy atom. The minimum atomic E-state index is 0.106. The topological polar surface area (TPSA) is 65.4 Å². The molecule has 0 spiro atoms. The molecule has 1 aliphatic rings. The van der Waals surface area contributed by atoms with Crippen molar-refractivity contribution in [3.05, 3.63) is 65.2 Å². The number of benzene rings is 2. The summed E-state index contributed by atoms with van der Waals surface area (Å²) in [5.41, 5.74) is 3.11. The van der Waals surface area contributed by atoms with Gasteiger partial charge in [-0.05, 0) is 67.2 Å². The van der Waals surface area contributed by atoms with E-state index < -0.39 is 0 Å². The van der Waals surface area contributed by atoms with Crippen molar-refractivity contribution >= 4 is 17.7 Å². The van der Waals surface area contributed by atoms with E-state index in [1.807, 2.05) is 36.4 Å². The van der Waals surface area contributed by atoms with E-state index in [0.717, 1.165) is 56.1 Å². The van der Waals surface area contributed by atoms with Gasteiger partial charge in [-0.1, -0.05) is 24.3 Å². The molecule has 1 fully saturated rings.